The van der Waals surface area contributed by atoms with Crippen molar-refractivity contribution in [3.05, 3.63) is 15.6 Å². The molecule has 0 aliphatic rings. The minimum Gasteiger partial charge on any atom is -0.330 e. The number of hydrogen-bond donors (Lipinski definition) is 2. The highest BCUT2D eigenvalue weighted by Gasteiger charge is 2.15. The molecular formula is C14H27N3S. The third-order valence-corrected chi connectivity index (χ3v) is 4.44. The summed E-state index contributed by atoms with van der Waals surface area (Å²) in [6.45, 7) is 12.6. The first-order chi connectivity index (χ1) is 8.43. The summed E-state index contributed by atoms with van der Waals surface area (Å²) in [4.78, 5) is 5.84. The first-order valence-electron chi connectivity index (χ1n) is 6.81. The molecule has 0 aromatic carbocycles. The van der Waals surface area contributed by atoms with Crippen molar-refractivity contribution in [3.63, 3.8) is 0 Å². The van der Waals surface area contributed by atoms with Crippen LogP contribution in [0.25, 0.3) is 0 Å². The van der Waals surface area contributed by atoms with Crippen LogP contribution in [0.3, 0.4) is 0 Å². The first-order valence-corrected chi connectivity index (χ1v) is 7.63. The Hall–Kier alpha value is -0.450. The molecule has 0 aliphatic carbocycles. The standard InChI is InChI=1S/C14H27N3S/c1-9(2)6-13(7-15)8-16-10(3)14-11(4)17-12(5)18-14/h9-10,13,16H,6-8,15H2,1-5H3. The van der Waals surface area contributed by atoms with Crippen molar-refractivity contribution in [1.82, 2.24) is 10.3 Å². The molecular weight excluding hydrogens is 242 g/mol. The fourth-order valence-electron chi connectivity index (χ4n) is 2.31. The predicted octanol–water partition coefficient (Wildman–Crippen LogP) is 3.03. The lowest BCUT2D eigenvalue weighted by Gasteiger charge is -2.20. The second-order valence-corrected chi connectivity index (χ2v) is 6.78. The molecule has 0 fully saturated rings. The molecule has 1 rings (SSSR count). The highest BCUT2D eigenvalue weighted by Crippen LogP contribution is 2.24. The second kappa shape index (κ2) is 7.22. The van der Waals surface area contributed by atoms with E-state index in [9.17, 15) is 0 Å². The summed E-state index contributed by atoms with van der Waals surface area (Å²) >= 11 is 1.79. The van der Waals surface area contributed by atoms with Gasteiger partial charge in [0.15, 0.2) is 0 Å². The van der Waals surface area contributed by atoms with Gasteiger partial charge in [-0.05, 0) is 52.1 Å². The van der Waals surface area contributed by atoms with Crippen LogP contribution < -0.4 is 11.1 Å². The average molecular weight is 269 g/mol. The third-order valence-electron chi connectivity index (χ3n) is 3.18. The van der Waals surface area contributed by atoms with Crippen LogP contribution in [-0.4, -0.2) is 18.1 Å². The van der Waals surface area contributed by atoms with Crippen LogP contribution in [-0.2, 0) is 0 Å². The van der Waals surface area contributed by atoms with Crippen LogP contribution in [0.2, 0.25) is 0 Å². The molecule has 18 heavy (non-hydrogen) atoms. The van der Waals surface area contributed by atoms with Crippen molar-refractivity contribution in [2.75, 3.05) is 13.1 Å². The van der Waals surface area contributed by atoms with E-state index in [1.54, 1.807) is 11.3 Å². The number of aromatic nitrogens is 1. The van der Waals surface area contributed by atoms with Crippen LogP contribution in [0.5, 0.6) is 0 Å². The number of nitrogens with two attached hydrogens (primary N) is 1. The van der Waals surface area contributed by atoms with Gasteiger partial charge in [-0.1, -0.05) is 13.8 Å². The molecule has 0 spiro atoms. The summed E-state index contributed by atoms with van der Waals surface area (Å²) < 4.78 is 0. The van der Waals surface area contributed by atoms with Crippen LogP contribution in [0.15, 0.2) is 0 Å². The summed E-state index contributed by atoms with van der Waals surface area (Å²) in [5, 5.41) is 4.75. The van der Waals surface area contributed by atoms with E-state index in [4.69, 9.17) is 5.73 Å². The minimum absolute atomic E-state index is 0.373. The maximum atomic E-state index is 5.83. The van der Waals surface area contributed by atoms with E-state index < -0.39 is 0 Å². The molecule has 0 radical (unpaired) electrons. The molecule has 3 nitrogen and oxygen atoms in total. The Balaban J connectivity index is 2.49. The lowest BCUT2D eigenvalue weighted by atomic mass is 9.97. The molecule has 0 saturated carbocycles. The van der Waals surface area contributed by atoms with Gasteiger partial charge in [-0.3, -0.25) is 0 Å². The molecule has 3 N–H and O–H groups in total. The topological polar surface area (TPSA) is 50.9 Å². The molecule has 0 saturated heterocycles. The molecule has 1 heterocycles. The molecule has 1 aromatic heterocycles. The summed E-state index contributed by atoms with van der Waals surface area (Å²) in [6, 6.07) is 0.373. The number of rotatable bonds is 7. The fraction of sp³-hybridized carbons (Fsp3) is 0.786. The summed E-state index contributed by atoms with van der Waals surface area (Å²) in [7, 11) is 0. The zero-order valence-electron chi connectivity index (χ0n) is 12.3. The van der Waals surface area contributed by atoms with Crippen LogP contribution in [0, 0.1) is 25.7 Å². The minimum atomic E-state index is 0.373. The third kappa shape index (κ3) is 4.67. The van der Waals surface area contributed by atoms with Gasteiger partial charge in [0, 0.05) is 10.9 Å². The molecule has 0 amide bonds. The second-order valence-electron chi connectivity index (χ2n) is 5.54. The Labute approximate surface area is 115 Å². The van der Waals surface area contributed by atoms with Gasteiger partial charge in [0.05, 0.1) is 10.7 Å². The number of nitrogens with zero attached hydrogens (tertiary/aromatic N) is 1. The Bertz CT molecular complexity index is 360. The smallest absolute Gasteiger partial charge is 0.0900 e. The van der Waals surface area contributed by atoms with Gasteiger partial charge in [-0.25, -0.2) is 4.98 Å². The molecule has 0 bridgehead atoms. The molecule has 104 valence electrons. The Morgan fingerprint density at radius 3 is 2.39 bits per heavy atom. The number of aryl methyl sites for hydroxylation is 2. The maximum absolute atomic E-state index is 5.83. The van der Waals surface area contributed by atoms with Crippen molar-refractivity contribution >= 4 is 11.3 Å². The molecule has 2 atom stereocenters. The summed E-state index contributed by atoms with van der Waals surface area (Å²) in [5.74, 6) is 1.28. The maximum Gasteiger partial charge on any atom is 0.0900 e. The van der Waals surface area contributed by atoms with Crippen molar-refractivity contribution in [2.45, 2.75) is 47.1 Å². The average Bonchev–Trinajstić information content (AvgIpc) is 2.62. The van der Waals surface area contributed by atoms with Gasteiger partial charge in [0.25, 0.3) is 0 Å². The summed E-state index contributed by atoms with van der Waals surface area (Å²) in [6.07, 6.45) is 1.19. The van der Waals surface area contributed by atoms with Gasteiger partial charge < -0.3 is 11.1 Å². The van der Waals surface area contributed by atoms with E-state index in [0.717, 1.165) is 23.8 Å². The molecule has 1 aromatic rings. The predicted molar refractivity (Wildman–Crippen MR) is 80.0 cm³/mol. The van der Waals surface area contributed by atoms with Gasteiger partial charge >= 0.3 is 0 Å². The van der Waals surface area contributed by atoms with E-state index in [-0.39, 0.29) is 0 Å². The fourth-order valence-corrected chi connectivity index (χ4v) is 3.27. The molecule has 2 unspecified atom stereocenters. The lowest BCUT2D eigenvalue weighted by molar-refractivity contribution is 0.379. The Kier molecular flexibility index (Phi) is 6.26. The SMILES string of the molecule is Cc1nc(C)c(C(C)NCC(CN)CC(C)C)s1. The Morgan fingerprint density at radius 2 is 1.94 bits per heavy atom. The van der Waals surface area contributed by atoms with Crippen molar-refractivity contribution in [1.29, 1.82) is 0 Å². The van der Waals surface area contributed by atoms with Crippen LogP contribution >= 0.6 is 11.3 Å². The van der Waals surface area contributed by atoms with Gasteiger partial charge in [0.1, 0.15) is 0 Å². The van der Waals surface area contributed by atoms with Gasteiger partial charge in [0.2, 0.25) is 0 Å². The van der Waals surface area contributed by atoms with E-state index in [1.807, 2.05) is 0 Å². The monoisotopic (exact) mass is 269 g/mol. The first kappa shape index (κ1) is 15.6. The van der Waals surface area contributed by atoms with E-state index in [1.165, 1.54) is 11.3 Å². The number of nitrogens with one attached hydrogen (secondary N) is 1. The normalized spacial score (nSPS) is 15.1. The quantitative estimate of drug-likeness (QED) is 0.800. The van der Waals surface area contributed by atoms with Crippen molar-refractivity contribution in [3.8, 4) is 0 Å². The van der Waals surface area contributed by atoms with Gasteiger partial charge in [-0.2, -0.15) is 0 Å². The van der Waals surface area contributed by atoms with Crippen molar-refractivity contribution in [2.24, 2.45) is 17.6 Å². The van der Waals surface area contributed by atoms with Crippen LogP contribution in [0.4, 0.5) is 0 Å². The lowest BCUT2D eigenvalue weighted by Crippen LogP contribution is -2.31. The molecule has 4 heteroatoms. The summed E-state index contributed by atoms with van der Waals surface area (Å²) in [5.41, 5.74) is 6.99. The van der Waals surface area contributed by atoms with E-state index >= 15 is 0 Å². The largest absolute Gasteiger partial charge is 0.330 e. The highest BCUT2D eigenvalue weighted by atomic mass is 32.1. The molecule has 0 aliphatic heterocycles. The van der Waals surface area contributed by atoms with Crippen LogP contribution in [0.1, 0.15) is 48.8 Å². The highest BCUT2D eigenvalue weighted by molar-refractivity contribution is 7.11. The van der Waals surface area contributed by atoms with E-state index in [2.05, 4.69) is 44.9 Å². The van der Waals surface area contributed by atoms with Crippen molar-refractivity contribution < 1.29 is 0 Å². The van der Waals surface area contributed by atoms with Gasteiger partial charge in [-0.15, -0.1) is 11.3 Å². The Morgan fingerprint density at radius 1 is 1.28 bits per heavy atom. The number of thiazole rings is 1. The number of hydrogen-bond acceptors (Lipinski definition) is 4. The zero-order chi connectivity index (χ0) is 13.7. The zero-order valence-corrected chi connectivity index (χ0v) is 13.1. The van der Waals surface area contributed by atoms with E-state index in [0.29, 0.717) is 17.9 Å².